The maximum atomic E-state index is 13.0. The Morgan fingerprint density at radius 1 is 1.00 bits per heavy atom. The molecule has 2 aromatic heterocycles. The zero-order valence-electron chi connectivity index (χ0n) is 16.1. The molecule has 1 saturated carbocycles. The van der Waals surface area contributed by atoms with Crippen molar-refractivity contribution in [2.75, 3.05) is 31.1 Å². The number of fused-ring (bicyclic) bond motifs is 1. The van der Waals surface area contributed by atoms with Crippen LogP contribution in [0.4, 0.5) is 5.82 Å². The van der Waals surface area contributed by atoms with Gasteiger partial charge in [-0.3, -0.25) is 4.79 Å². The highest BCUT2D eigenvalue weighted by molar-refractivity contribution is 5.95. The zero-order valence-corrected chi connectivity index (χ0v) is 16.1. The fourth-order valence-corrected chi connectivity index (χ4v) is 3.89. The first-order chi connectivity index (χ1) is 13.7. The summed E-state index contributed by atoms with van der Waals surface area (Å²) in [7, 11) is 0. The quantitative estimate of drug-likeness (QED) is 0.703. The number of nitrogens with zero attached hydrogens (tertiary/aromatic N) is 6. The number of rotatable bonds is 3. The smallest absolute Gasteiger partial charge is 0.254 e. The van der Waals surface area contributed by atoms with Crippen molar-refractivity contribution in [1.29, 1.82) is 0 Å². The molecule has 7 nitrogen and oxygen atoms in total. The van der Waals surface area contributed by atoms with Gasteiger partial charge in [0.1, 0.15) is 5.82 Å². The molecule has 144 valence electrons. The number of benzene rings is 1. The topological polar surface area (TPSA) is 66.6 Å². The first kappa shape index (κ1) is 17.2. The molecular weight excluding hydrogens is 352 g/mol. The number of anilines is 1. The van der Waals surface area contributed by atoms with Crippen LogP contribution in [0.1, 0.15) is 46.9 Å². The number of aryl methyl sites for hydroxylation is 1. The molecule has 1 aliphatic heterocycles. The van der Waals surface area contributed by atoms with Gasteiger partial charge in [-0.05, 0) is 49.9 Å². The standard InChI is InChI=1S/C21H24N6O/c1-15-5-2-3-6-17(15)21(28)26-12-4-11-25(13-14-26)19-10-9-18-22-23-20(16-7-8-16)27(18)24-19/h2-3,5-6,9-10,16H,4,7-8,11-14H2,1H3. The van der Waals surface area contributed by atoms with Crippen LogP contribution in [0.5, 0.6) is 0 Å². The summed E-state index contributed by atoms with van der Waals surface area (Å²) in [5.41, 5.74) is 2.63. The Hall–Kier alpha value is -2.96. The van der Waals surface area contributed by atoms with E-state index in [0.29, 0.717) is 12.5 Å². The molecule has 28 heavy (non-hydrogen) atoms. The Morgan fingerprint density at radius 2 is 1.86 bits per heavy atom. The summed E-state index contributed by atoms with van der Waals surface area (Å²) in [5.74, 6) is 2.53. The predicted octanol–water partition coefficient (Wildman–Crippen LogP) is 2.66. The minimum atomic E-state index is 0.123. The van der Waals surface area contributed by atoms with E-state index in [9.17, 15) is 4.79 Å². The fraction of sp³-hybridized carbons (Fsp3) is 0.429. The number of hydrogen-bond donors (Lipinski definition) is 0. The van der Waals surface area contributed by atoms with Crippen LogP contribution in [0.15, 0.2) is 36.4 Å². The molecule has 0 bridgehead atoms. The Balaban J connectivity index is 1.34. The maximum Gasteiger partial charge on any atom is 0.254 e. The van der Waals surface area contributed by atoms with Gasteiger partial charge < -0.3 is 9.80 Å². The average Bonchev–Trinajstić information content (AvgIpc) is 3.51. The molecule has 0 spiro atoms. The number of hydrogen-bond acceptors (Lipinski definition) is 5. The van der Waals surface area contributed by atoms with Crippen molar-refractivity contribution in [2.45, 2.75) is 32.1 Å². The van der Waals surface area contributed by atoms with Crippen molar-refractivity contribution in [2.24, 2.45) is 0 Å². The summed E-state index contributed by atoms with van der Waals surface area (Å²) >= 11 is 0. The Kier molecular flexibility index (Phi) is 4.22. The molecule has 7 heteroatoms. The first-order valence-corrected chi connectivity index (χ1v) is 10.0. The Bertz CT molecular complexity index is 1020. The van der Waals surface area contributed by atoms with Gasteiger partial charge in [0.05, 0.1) is 0 Å². The van der Waals surface area contributed by atoms with E-state index in [2.05, 4.69) is 15.1 Å². The molecule has 2 aliphatic rings. The molecule has 1 aliphatic carbocycles. The van der Waals surface area contributed by atoms with E-state index < -0.39 is 0 Å². The summed E-state index contributed by atoms with van der Waals surface area (Å²) < 4.78 is 1.90. The highest BCUT2D eigenvalue weighted by Gasteiger charge is 2.29. The molecule has 0 unspecified atom stereocenters. The molecular formula is C21H24N6O. The molecule has 0 radical (unpaired) electrons. The second-order valence-corrected chi connectivity index (χ2v) is 7.74. The summed E-state index contributed by atoms with van der Waals surface area (Å²) in [4.78, 5) is 17.2. The van der Waals surface area contributed by atoms with Crippen LogP contribution in [0.25, 0.3) is 5.65 Å². The number of aromatic nitrogens is 4. The number of carbonyl (C=O) groups excluding carboxylic acids is 1. The van der Waals surface area contributed by atoms with Crippen LogP contribution in [-0.4, -0.2) is 56.8 Å². The van der Waals surface area contributed by atoms with Crippen LogP contribution >= 0.6 is 0 Å². The van der Waals surface area contributed by atoms with Crippen LogP contribution in [0, 0.1) is 6.92 Å². The van der Waals surface area contributed by atoms with Gasteiger partial charge in [0.15, 0.2) is 11.5 Å². The van der Waals surface area contributed by atoms with Gasteiger partial charge in [-0.1, -0.05) is 18.2 Å². The van der Waals surface area contributed by atoms with Crippen molar-refractivity contribution in [3.63, 3.8) is 0 Å². The molecule has 0 N–H and O–H groups in total. The number of amides is 1. The van der Waals surface area contributed by atoms with E-state index in [1.165, 1.54) is 12.8 Å². The van der Waals surface area contributed by atoms with Gasteiger partial charge in [-0.15, -0.1) is 15.3 Å². The third-order valence-electron chi connectivity index (χ3n) is 5.70. The first-order valence-electron chi connectivity index (χ1n) is 10.0. The molecule has 2 fully saturated rings. The summed E-state index contributed by atoms with van der Waals surface area (Å²) in [6.45, 7) is 5.12. The van der Waals surface area contributed by atoms with Gasteiger partial charge in [0.25, 0.3) is 5.91 Å². The third kappa shape index (κ3) is 3.10. The highest BCUT2D eigenvalue weighted by Crippen LogP contribution is 2.38. The van der Waals surface area contributed by atoms with Crippen LogP contribution in [0.2, 0.25) is 0 Å². The van der Waals surface area contributed by atoms with Gasteiger partial charge in [0, 0.05) is 37.7 Å². The van der Waals surface area contributed by atoms with Crippen molar-refractivity contribution >= 4 is 17.4 Å². The molecule has 1 saturated heterocycles. The average molecular weight is 376 g/mol. The second kappa shape index (κ2) is 6.89. The van der Waals surface area contributed by atoms with E-state index in [-0.39, 0.29) is 5.91 Å². The van der Waals surface area contributed by atoms with Gasteiger partial charge in [0.2, 0.25) is 0 Å². The predicted molar refractivity (Wildman–Crippen MR) is 107 cm³/mol. The van der Waals surface area contributed by atoms with E-state index in [4.69, 9.17) is 5.10 Å². The number of carbonyl (C=O) groups is 1. The van der Waals surface area contributed by atoms with Crippen LogP contribution < -0.4 is 4.90 Å². The normalized spacial score (nSPS) is 17.8. The summed E-state index contributed by atoms with van der Waals surface area (Å²) in [6, 6.07) is 11.8. The van der Waals surface area contributed by atoms with Crippen molar-refractivity contribution < 1.29 is 4.79 Å². The molecule has 1 aromatic carbocycles. The molecule has 0 atom stereocenters. The van der Waals surface area contributed by atoms with Crippen molar-refractivity contribution in [3.8, 4) is 0 Å². The monoisotopic (exact) mass is 376 g/mol. The lowest BCUT2D eigenvalue weighted by molar-refractivity contribution is 0.0766. The largest absolute Gasteiger partial charge is 0.353 e. The van der Waals surface area contributed by atoms with Gasteiger partial charge in [-0.2, -0.15) is 4.52 Å². The van der Waals surface area contributed by atoms with Crippen LogP contribution in [0.3, 0.4) is 0 Å². The van der Waals surface area contributed by atoms with E-state index in [1.807, 2.05) is 52.7 Å². The van der Waals surface area contributed by atoms with Gasteiger partial charge in [-0.25, -0.2) is 0 Å². The fourth-order valence-electron chi connectivity index (χ4n) is 3.89. The van der Waals surface area contributed by atoms with E-state index in [1.54, 1.807) is 0 Å². The molecule has 1 amide bonds. The van der Waals surface area contributed by atoms with E-state index in [0.717, 1.165) is 54.5 Å². The molecule has 3 aromatic rings. The minimum absolute atomic E-state index is 0.123. The maximum absolute atomic E-state index is 13.0. The van der Waals surface area contributed by atoms with Crippen molar-refractivity contribution in [1.82, 2.24) is 24.7 Å². The summed E-state index contributed by atoms with van der Waals surface area (Å²) in [6.07, 6.45) is 3.27. The molecule has 3 heterocycles. The Morgan fingerprint density at radius 3 is 2.68 bits per heavy atom. The second-order valence-electron chi connectivity index (χ2n) is 7.74. The summed E-state index contributed by atoms with van der Waals surface area (Å²) in [5, 5.41) is 13.4. The lowest BCUT2D eigenvalue weighted by atomic mass is 10.1. The lowest BCUT2D eigenvalue weighted by Crippen LogP contribution is -2.35. The zero-order chi connectivity index (χ0) is 19.1. The van der Waals surface area contributed by atoms with Gasteiger partial charge >= 0.3 is 0 Å². The lowest BCUT2D eigenvalue weighted by Gasteiger charge is -2.23. The van der Waals surface area contributed by atoms with Crippen LogP contribution in [-0.2, 0) is 0 Å². The highest BCUT2D eigenvalue weighted by atomic mass is 16.2. The third-order valence-corrected chi connectivity index (χ3v) is 5.70. The van der Waals surface area contributed by atoms with E-state index >= 15 is 0 Å². The SMILES string of the molecule is Cc1ccccc1C(=O)N1CCCN(c2ccc3nnc(C4CC4)n3n2)CC1. The Labute approximate surface area is 164 Å². The van der Waals surface area contributed by atoms with Crippen molar-refractivity contribution in [3.05, 3.63) is 53.3 Å². The minimum Gasteiger partial charge on any atom is -0.353 e. The molecule has 5 rings (SSSR count).